The molecule has 0 atom stereocenters. The molecule has 0 unspecified atom stereocenters. The fraction of sp³-hybridized carbons (Fsp3) is 0.273. The lowest BCUT2D eigenvalue weighted by Gasteiger charge is -2.11. The zero-order valence-corrected chi connectivity index (χ0v) is 8.83. The quantitative estimate of drug-likeness (QED) is 0.711. The summed E-state index contributed by atoms with van der Waals surface area (Å²) in [7, 11) is 1.52. The van der Waals surface area contributed by atoms with Gasteiger partial charge in [-0.1, -0.05) is 0 Å². The number of rotatable bonds is 1. The molecule has 0 aliphatic carbocycles. The van der Waals surface area contributed by atoms with Crippen molar-refractivity contribution < 1.29 is 9.15 Å². The van der Waals surface area contributed by atoms with Gasteiger partial charge in [-0.05, 0) is 13.8 Å². The van der Waals surface area contributed by atoms with Crippen LogP contribution >= 0.6 is 0 Å². The van der Waals surface area contributed by atoms with Crippen LogP contribution in [0, 0.1) is 13.8 Å². The smallest absolute Gasteiger partial charge is 0.274 e. The average molecular weight is 205 g/mol. The number of nitrogens with zero attached hydrogens (tertiary/aromatic N) is 1. The summed E-state index contributed by atoms with van der Waals surface area (Å²) in [6, 6.07) is 1.35. The summed E-state index contributed by atoms with van der Waals surface area (Å²) >= 11 is 0. The Bertz CT molecular complexity index is 530. The zero-order chi connectivity index (χ0) is 11.0. The molecule has 0 aromatic heterocycles. The molecule has 0 bridgehead atoms. The van der Waals surface area contributed by atoms with Crippen LogP contribution in [0.4, 0.5) is 0 Å². The van der Waals surface area contributed by atoms with Crippen molar-refractivity contribution in [3.05, 3.63) is 34.0 Å². The summed E-state index contributed by atoms with van der Waals surface area (Å²) in [6.07, 6.45) is 1.56. The fourth-order valence-corrected chi connectivity index (χ4v) is 1.48. The second-order valence-electron chi connectivity index (χ2n) is 3.34. The highest BCUT2D eigenvalue weighted by Gasteiger charge is 2.16. The minimum atomic E-state index is -0.298. The van der Waals surface area contributed by atoms with E-state index in [1.54, 1.807) is 6.26 Å². The molecule has 0 saturated heterocycles. The van der Waals surface area contributed by atoms with E-state index in [9.17, 15) is 4.79 Å². The maximum atomic E-state index is 11.3. The molecule has 0 amide bonds. The molecular weight excluding hydrogens is 194 g/mol. The third-order valence-electron chi connectivity index (χ3n) is 2.45. The zero-order valence-electron chi connectivity index (χ0n) is 8.83. The number of fused-ring (bicyclic) bond motifs is 1. The summed E-state index contributed by atoms with van der Waals surface area (Å²) in [5, 5.41) is 0. The molecule has 15 heavy (non-hydrogen) atoms. The molecule has 0 aromatic rings. The summed E-state index contributed by atoms with van der Waals surface area (Å²) in [5.74, 6) is 1.25. The predicted octanol–water partition coefficient (Wildman–Crippen LogP) is 1.77. The number of aryl methyl sites for hydroxylation is 1. The number of pyridine rings is 1. The van der Waals surface area contributed by atoms with Gasteiger partial charge in [-0.3, -0.25) is 4.79 Å². The van der Waals surface area contributed by atoms with Crippen LogP contribution in [0.3, 0.4) is 0 Å². The normalized spacial score (nSPS) is 10.6. The molecule has 78 valence electrons. The molecule has 2 aliphatic heterocycles. The van der Waals surface area contributed by atoms with Gasteiger partial charge in [0.15, 0.2) is 0 Å². The van der Waals surface area contributed by atoms with Gasteiger partial charge >= 0.3 is 0 Å². The molecule has 0 fully saturated rings. The largest absolute Gasteiger partial charge is 0.496 e. The second kappa shape index (κ2) is 3.38. The first-order valence-electron chi connectivity index (χ1n) is 4.57. The first kappa shape index (κ1) is 9.71. The van der Waals surface area contributed by atoms with E-state index in [-0.39, 0.29) is 5.56 Å². The Morgan fingerprint density at radius 3 is 2.80 bits per heavy atom. The maximum Gasteiger partial charge on any atom is 0.274 e. The van der Waals surface area contributed by atoms with Gasteiger partial charge in [-0.2, -0.15) is 0 Å². The van der Waals surface area contributed by atoms with Gasteiger partial charge in [0.1, 0.15) is 17.8 Å². The summed E-state index contributed by atoms with van der Waals surface area (Å²) in [4.78, 5) is 15.3. The first-order valence-corrected chi connectivity index (χ1v) is 4.57. The van der Waals surface area contributed by atoms with E-state index in [0.29, 0.717) is 11.4 Å². The first-order chi connectivity index (χ1) is 7.13. The van der Waals surface area contributed by atoms with Gasteiger partial charge in [-0.25, -0.2) is 4.98 Å². The molecule has 2 rings (SSSR count). The highest BCUT2D eigenvalue weighted by atomic mass is 16.5. The van der Waals surface area contributed by atoms with E-state index in [4.69, 9.17) is 9.15 Å². The van der Waals surface area contributed by atoms with Crippen molar-refractivity contribution in [3.63, 3.8) is 0 Å². The van der Waals surface area contributed by atoms with E-state index >= 15 is 0 Å². The number of hydrogen-bond acceptors (Lipinski definition) is 4. The van der Waals surface area contributed by atoms with E-state index in [1.165, 1.54) is 13.2 Å². The van der Waals surface area contributed by atoms with Gasteiger partial charge in [-0.15, -0.1) is 0 Å². The molecule has 0 radical (unpaired) electrons. The molecule has 4 heteroatoms. The van der Waals surface area contributed by atoms with Crippen LogP contribution in [0.25, 0.3) is 11.3 Å². The highest BCUT2D eigenvalue weighted by molar-refractivity contribution is 5.69. The molecule has 2 aliphatic rings. The van der Waals surface area contributed by atoms with Gasteiger partial charge in [0.2, 0.25) is 0 Å². The second-order valence-corrected chi connectivity index (χ2v) is 3.34. The minimum Gasteiger partial charge on any atom is -0.496 e. The molecule has 0 saturated carbocycles. The molecule has 0 spiro atoms. The fourth-order valence-electron chi connectivity index (χ4n) is 1.48. The van der Waals surface area contributed by atoms with Gasteiger partial charge in [0.05, 0.1) is 18.4 Å². The highest BCUT2D eigenvalue weighted by Crippen LogP contribution is 2.31. The van der Waals surface area contributed by atoms with Crippen molar-refractivity contribution in [2.75, 3.05) is 7.11 Å². The summed E-state index contributed by atoms with van der Waals surface area (Å²) in [6.45, 7) is 3.70. The van der Waals surface area contributed by atoms with E-state index in [0.717, 1.165) is 16.9 Å². The van der Waals surface area contributed by atoms with Crippen LogP contribution in [-0.4, -0.2) is 12.1 Å². The molecular formula is C11H11NO3. The summed E-state index contributed by atoms with van der Waals surface area (Å²) < 4.78 is 10.4. The van der Waals surface area contributed by atoms with Crippen molar-refractivity contribution in [1.82, 2.24) is 4.98 Å². The number of methoxy groups -OCH3 is 1. The molecule has 0 N–H and O–H groups in total. The van der Waals surface area contributed by atoms with Crippen LogP contribution < -0.4 is 10.3 Å². The Kier molecular flexibility index (Phi) is 2.19. The number of hydrogen-bond donors (Lipinski definition) is 0. The lowest BCUT2D eigenvalue weighted by atomic mass is 10.1. The SMILES string of the molecule is COc1cc(=O)nc2c(C)c(C)occ1-2. The minimum absolute atomic E-state index is 0.298. The maximum absolute atomic E-state index is 11.3. The number of aromatic nitrogens is 1. The van der Waals surface area contributed by atoms with Gasteiger partial charge in [0, 0.05) is 11.6 Å². The van der Waals surface area contributed by atoms with E-state index in [2.05, 4.69) is 4.98 Å². The van der Waals surface area contributed by atoms with Crippen LogP contribution in [-0.2, 0) is 0 Å². The van der Waals surface area contributed by atoms with Gasteiger partial charge in [0.25, 0.3) is 5.56 Å². The third kappa shape index (κ3) is 1.48. The van der Waals surface area contributed by atoms with Crippen molar-refractivity contribution in [3.8, 4) is 17.0 Å². The average Bonchev–Trinajstić information content (AvgIpc) is 2.23. The molecule has 0 aromatic carbocycles. The third-order valence-corrected chi connectivity index (χ3v) is 2.45. The molecule has 2 heterocycles. The van der Waals surface area contributed by atoms with Crippen LogP contribution in [0.5, 0.6) is 5.75 Å². The van der Waals surface area contributed by atoms with Crippen LogP contribution in [0.15, 0.2) is 21.5 Å². The van der Waals surface area contributed by atoms with Crippen molar-refractivity contribution in [2.45, 2.75) is 13.8 Å². The van der Waals surface area contributed by atoms with Crippen molar-refractivity contribution in [2.24, 2.45) is 0 Å². The monoisotopic (exact) mass is 205 g/mol. The van der Waals surface area contributed by atoms with Crippen LogP contribution in [0.2, 0.25) is 0 Å². The lowest BCUT2D eigenvalue weighted by molar-refractivity contribution is 0.411. The topological polar surface area (TPSA) is 52.3 Å². The lowest BCUT2D eigenvalue weighted by Crippen LogP contribution is -2.09. The summed E-state index contributed by atoms with van der Waals surface area (Å²) in [5.41, 5.74) is 1.93. The van der Waals surface area contributed by atoms with E-state index < -0.39 is 0 Å². The predicted molar refractivity (Wildman–Crippen MR) is 55.4 cm³/mol. The Balaban J connectivity index is 2.88. The van der Waals surface area contributed by atoms with Crippen molar-refractivity contribution in [1.29, 1.82) is 0 Å². The Morgan fingerprint density at radius 2 is 2.13 bits per heavy atom. The van der Waals surface area contributed by atoms with Gasteiger partial charge < -0.3 is 9.15 Å². The number of ether oxygens (including phenoxy) is 1. The van der Waals surface area contributed by atoms with Crippen molar-refractivity contribution >= 4 is 0 Å². The molecule has 4 nitrogen and oxygen atoms in total. The van der Waals surface area contributed by atoms with Crippen LogP contribution in [0.1, 0.15) is 11.3 Å². The Labute approximate surface area is 86.9 Å². The van der Waals surface area contributed by atoms with E-state index in [1.807, 2.05) is 13.8 Å². The Hall–Kier alpha value is -1.84. The standard InChI is InChI=1S/C11H11NO3/c1-6-7(2)15-5-8-9(14-3)4-10(13)12-11(6)8/h4-5H,1-3H3. The Morgan fingerprint density at radius 1 is 1.40 bits per heavy atom.